The molecule has 0 atom stereocenters. The summed E-state index contributed by atoms with van der Waals surface area (Å²) >= 11 is 15.9. The monoisotopic (exact) mass is 470 g/mol. The van der Waals surface area contributed by atoms with E-state index in [1.807, 2.05) is 13.0 Å². The van der Waals surface area contributed by atoms with E-state index in [0.29, 0.717) is 33.1 Å². The molecule has 1 aromatic heterocycles. The fourth-order valence-corrected chi connectivity index (χ4v) is 3.94. The summed E-state index contributed by atoms with van der Waals surface area (Å²) < 4.78 is 14.5. The Morgan fingerprint density at radius 3 is 2.85 bits per heavy atom. The number of nitrogens with one attached hydrogen (secondary N) is 2. The summed E-state index contributed by atoms with van der Waals surface area (Å²) in [6.07, 6.45) is 0. The predicted molar refractivity (Wildman–Crippen MR) is 112 cm³/mol. The quantitative estimate of drug-likeness (QED) is 0.546. The number of aryl methyl sites for hydroxylation is 1. The molecule has 0 saturated heterocycles. The van der Waals surface area contributed by atoms with Crippen molar-refractivity contribution >= 4 is 79.2 Å². The highest BCUT2D eigenvalue weighted by molar-refractivity contribution is 9.10. The number of anilines is 1. The molecule has 0 aliphatic rings. The predicted octanol–water partition coefficient (Wildman–Crippen LogP) is 4.55. The Labute approximate surface area is 172 Å². The molecule has 3 rings (SSSR count). The van der Waals surface area contributed by atoms with Crippen molar-refractivity contribution < 1.29 is 9.53 Å². The minimum atomic E-state index is -0.400. The molecule has 0 radical (unpaired) electrons. The lowest BCUT2D eigenvalue weighted by Gasteiger charge is -2.14. The Morgan fingerprint density at radius 1 is 1.35 bits per heavy atom. The molecule has 0 spiro atoms. The Hall–Kier alpha value is -1.81. The molecule has 0 aliphatic carbocycles. The number of thiocarbonyl (C=S) groups is 1. The van der Waals surface area contributed by atoms with Crippen molar-refractivity contribution in [3.8, 4) is 5.75 Å². The number of hydrogen-bond donors (Lipinski definition) is 2. The number of fused-ring (bicyclic) bond motifs is 1. The normalized spacial score (nSPS) is 10.6. The molecule has 0 aliphatic heterocycles. The van der Waals surface area contributed by atoms with Crippen molar-refractivity contribution in [2.45, 2.75) is 6.92 Å². The van der Waals surface area contributed by atoms with Crippen molar-refractivity contribution in [3.05, 3.63) is 44.9 Å². The zero-order valence-electron chi connectivity index (χ0n) is 13.6. The SMILES string of the molecule is COc1c(C)cc(Br)cc1C(=O)NC(=S)Nc1c(Cl)ccc2nsnc12. The summed E-state index contributed by atoms with van der Waals surface area (Å²) in [4.78, 5) is 12.6. The number of amides is 1. The van der Waals surface area contributed by atoms with E-state index in [-0.39, 0.29) is 5.11 Å². The lowest BCUT2D eigenvalue weighted by Crippen LogP contribution is -2.34. The average Bonchev–Trinajstić information content (AvgIpc) is 3.05. The van der Waals surface area contributed by atoms with Gasteiger partial charge in [0.05, 0.1) is 35.1 Å². The maximum absolute atomic E-state index is 12.6. The number of benzene rings is 2. The van der Waals surface area contributed by atoms with E-state index in [1.165, 1.54) is 7.11 Å². The highest BCUT2D eigenvalue weighted by Gasteiger charge is 2.18. The molecule has 10 heteroatoms. The van der Waals surface area contributed by atoms with E-state index in [9.17, 15) is 4.79 Å². The van der Waals surface area contributed by atoms with Gasteiger partial charge < -0.3 is 10.1 Å². The Kier molecular flexibility index (Phi) is 5.71. The first-order valence-corrected chi connectivity index (χ1v) is 9.59. The lowest BCUT2D eigenvalue weighted by molar-refractivity contribution is 0.0974. The highest BCUT2D eigenvalue weighted by Crippen LogP contribution is 2.30. The fourth-order valence-electron chi connectivity index (χ4n) is 2.43. The molecule has 0 unspecified atom stereocenters. The molecular formula is C16H12BrClN4O2S2. The summed E-state index contributed by atoms with van der Waals surface area (Å²) in [5.41, 5.74) is 2.98. The van der Waals surface area contributed by atoms with Crippen molar-refractivity contribution in [2.75, 3.05) is 12.4 Å². The van der Waals surface area contributed by atoms with Crippen molar-refractivity contribution in [1.82, 2.24) is 14.1 Å². The topological polar surface area (TPSA) is 76.1 Å². The first-order valence-electron chi connectivity index (χ1n) is 7.28. The van der Waals surface area contributed by atoms with Crippen LogP contribution in [-0.4, -0.2) is 26.9 Å². The Morgan fingerprint density at radius 2 is 2.12 bits per heavy atom. The van der Waals surface area contributed by atoms with Crippen LogP contribution in [0.25, 0.3) is 11.0 Å². The van der Waals surface area contributed by atoms with E-state index in [2.05, 4.69) is 35.3 Å². The second kappa shape index (κ2) is 7.83. The van der Waals surface area contributed by atoms with E-state index >= 15 is 0 Å². The van der Waals surface area contributed by atoms with Crippen LogP contribution in [0.4, 0.5) is 5.69 Å². The van der Waals surface area contributed by atoms with Gasteiger partial charge in [-0.25, -0.2) is 0 Å². The summed E-state index contributed by atoms with van der Waals surface area (Å²) in [6, 6.07) is 6.99. The minimum absolute atomic E-state index is 0.0945. The molecule has 1 heterocycles. The molecule has 134 valence electrons. The minimum Gasteiger partial charge on any atom is -0.496 e. The number of nitrogens with zero attached hydrogens (tertiary/aromatic N) is 2. The fraction of sp³-hybridized carbons (Fsp3) is 0.125. The number of hydrogen-bond acceptors (Lipinski definition) is 6. The van der Waals surface area contributed by atoms with Crippen LogP contribution in [0.1, 0.15) is 15.9 Å². The van der Waals surface area contributed by atoms with Crippen LogP contribution < -0.4 is 15.4 Å². The molecule has 0 bridgehead atoms. The molecule has 26 heavy (non-hydrogen) atoms. The average molecular weight is 472 g/mol. The number of methoxy groups -OCH3 is 1. The number of carbonyl (C=O) groups excluding carboxylic acids is 1. The van der Waals surface area contributed by atoms with Crippen molar-refractivity contribution in [2.24, 2.45) is 0 Å². The molecule has 6 nitrogen and oxygen atoms in total. The third-order valence-electron chi connectivity index (χ3n) is 3.53. The van der Waals surface area contributed by atoms with E-state index in [4.69, 9.17) is 28.6 Å². The van der Waals surface area contributed by atoms with Crippen LogP contribution in [0.3, 0.4) is 0 Å². The van der Waals surface area contributed by atoms with Crippen LogP contribution in [0.2, 0.25) is 5.02 Å². The van der Waals surface area contributed by atoms with Crippen LogP contribution in [0.5, 0.6) is 5.75 Å². The maximum Gasteiger partial charge on any atom is 0.261 e. The number of halogens is 2. The van der Waals surface area contributed by atoms with Gasteiger partial charge in [0, 0.05) is 4.47 Å². The van der Waals surface area contributed by atoms with Gasteiger partial charge in [0.2, 0.25) is 0 Å². The lowest BCUT2D eigenvalue weighted by atomic mass is 10.1. The molecule has 0 saturated carbocycles. The van der Waals surface area contributed by atoms with Gasteiger partial charge in [0.15, 0.2) is 5.11 Å². The van der Waals surface area contributed by atoms with Crippen LogP contribution >= 0.6 is 51.5 Å². The van der Waals surface area contributed by atoms with Crippen molar-refractivity contribution in [1.29, 1.82) is 0 Å². The largest absolute Gasteiger partial charge is 0.496 e. The third kappa shape index (κ3) is 3.80. The second-order valence-electron chi connectivity index (χ2n) is 5.27. The molecule has 0 fully saturated rings. The van der Waals surface area contributed by atoms with E-state index in [0.717, 1.165) is 21.8 Å². The van der Waals surface area contributed by atoms with Crippen LogP contribution in [0.15, 0.2) is 28.7 Å². The summed E-state index contributed by atoms with van der Waals surface area (Å²) in [6.45, 7) is 1.85. The highest BCUT2D eigenvalue weighted by atomic mass is 79.9. The number of carbonyl (C=O) groups is 1. The van der Waals surface area contributed by atoms with Crippen LogP contribution in [0, 0.1) is 6.92 Å². The summed E-state index contributed by atoms with van der Waals surface area (Å²) in [7, 11) is 1.51. The summed E-state index contributed by atoms with van der Waals surface area (Å²) in [5, 5.41) is 6.08. The standard InChI is InChI=1S/C16H12BrClN4O2S2/c1-7-5-8(17)6-9(14(7)24-2)15(23)20-16(25)19-12-10(18)3-4-11-13(12)22-26-21-11/h3-6H,1-2H3,(H2,19,20,23,25). The van der Waals surface area contributed by atoms with Gasteiger partial charge in [-0.2, -0.15) is 8.75 Å². The maximum atomic E-state index is 12.6. The molecule has 2 aromatic carbocycles. The zero-order valence-corrected chi connectivity index (χ0v) is 17.6. The smallest absolute Gasteiger partial charge is 0.261 e. The summed E-state index contributed by atoms with van der Waals surface area (Å²) in [5.74, 6) is 0.0841. The number of aromatic nitrogens is 2. The van der Waals surface area contributed by atoms with Gasteiger partial charge in [-0.1, -0.05) is 27.5 Å². The van der Waals surface area contributed by atoms with Crippen LogP contribution in [-0.2, 0) is 0 Å². The van der Waals surface area contributed by atoms with E-state index < -0.39 is 5.91 Å². The molecule has 2 N–H and O–H groups in total. The zero-order chi connectivity index (χ0) is 18.8. The van der Waals surface area contributed by atoms with Crippen molar-refractivity contribution in [3.63, 3.8) is 0 Å². The second-order valence-corrected chi connectivity index (χ2v) is 7.53. The van der Waals surface area contributed by atoms with Gasteiger partial charge in [-0.15, -0.1) is 0 Å². The van der Waals surface area contributed by atoms with Gasteiger partial charge >= 0.3 is 0 Å². The van der Waals surface area contributed by atoms with Gasteiger partial charge in [0.25, 0.3) is 5.91 Å². The van der Waals surface area contributed by atoms with Gasteiger partial charge in [-0.05, 0) is 49.0 Å². The molecule has 3 aromatic rings. The van der Waals surface area contributed by atoms with Gasteiger partial charge in [-0.3, -0.25) is 10.1 Å². The third-order valence-corrected chi connectivity index (χ3v) is 5.05. The Balaban J connectivity index is 1.83. The number of ether oxygens (including phenoxy) is 1. The molecular weight excluding hydrogens is 460 g/mol. The first-order chi connectivity index (χ1) is 12.4. The first kappa shape index (κ1) is 19.0. The Bertz CT molecular complexity index is 1020. The number of rotatable bonds is 3. The molecule has 1 amide bonds. The van der Waals surface area contributed by atoms with Gasteiger partial charge in [0.1, 0.15) is 16.8 Å². The van der Waals surface area contributed by atoms with E-state index in [1.54, 1.807) is 18.2 Å².